The van der Waals surface area contributed by atoms with Gasteiger partial charge in [0.15, 0.2) is 0 Å². The molecule has 0 unspecified atom stereocenters. The molecule has 0 aliphatic carbocycles. The van der Waals surface area contributed by atoms with Gasteiger partial charge in [-0.2, -0.15) is 4.98 Å². The second-order valence-corrected chi connectivity index (χ2v) is 31.3. The summed E-state index contributed by atoms with van der Waals surface area (Å²) >= 11 is 1.52. The van der Waals surface area contributed by atoms with Crippen molar-refractivity contribution < 1.29 is 0 Å². The standard InChI is InChI=1S/C16H20N2.2C14H16N2.C12H12N2.C10H10N2.2C7H10N2.2C6H8N2.C5H7N3.C4H6N4.C4H6N2S/c1-3-11-9-13(5-7-15(11)17)14-6-8-16(18)12(4-2)10-14;1-9-7-11(15)3-5-13(9)14-6-4-12(16)8-10(14)2;1-9-7-11(3-5-13(9)15)12-4-6-14(16)10(2)8-12;13-11-5-1-9(2-6-11)10-3-7-12(14)8-4-10;11-9-5-1-3-7-8(9)4-2-6-10(7)12;1-5-4-6(8)2-3-7(5)9;1-5-2-3-6(8)4-7(5)9;7-5-1-2-6(8)4-3-5;7-5-2-1-3-6(8)4-5;6-4-2-1-3-5(7)8-4;5-3-1-2-7-4(6)8-3;5-3-1-7-2-4(3)6/h5-10H,3-4,17-18H2,1-2H3;2*3-8H,15-16H2,1-2H3;1-8H,13-14H2;1-6H,11-12H2;2*2-4H,8-9H2,1H3;2*1-4H,7-8H2;1-3H,(H4,6,7,8);1-2H,(H4,5,6,7,8);1-2H,5-6H2. The summed E-state index contributed by atoms with van der Waals surface area (Å²) in [7, 11) is 0. The highest BCUT2D eigenvalue weighted by Crippen LogP contribution is 2.33. The molecule has 133 heavy (non-hydrogen) atoms. The van der Waals surface area contributed by atoms with Crippen LogP contribution in [0.2, 0.25) is 0 Å². The molecule has 3 aromatic heterocycles. The van der Waals surface area contributed by atoms with E-state index in [-0.39, 0.29) is 5.95 Å². The Bertz CT molecular complexity index is 6030. The molecule has 0 aliphatic rings. The minimum Gasteiger partial charge on any atom is -0.399 e. The molecule has 17 rings (SSSR count). The fourth-order valence-corrected chi connectivity index (χ4v) is 12.8. The van der Waals surface area contributed by atoms with Crippen LogP contribution in [-0.4, -0.2) is 15.0 Å². The summed E-state index contributed by atoms with van der Waals surface area (Å²) < 4.78 is 0. The number of anilines is 24. The van der Waals surface area contributed by atoms with Crippen LogP contribution in [0.25, 0.3) is 55.3 Å². The van der Waals surface area contributed by atoms with E-state index in [0.29, 0.717) is 40.2 Å². The molecule has 0 saturated carbocycles. The van der Waals surface area contributed by atoms with Crippen molar-refractivity contribution in [3.8, 4) is 44.5 Å². The van der Waals surface area contributed by atoms with Crippen LogP contribution in [0.15, 0.2) is 320 Å². The number of rotatable bonds is 6. The molecule has 0 spiro atoms. The number of fused-ring (bicyclic) bond motifs is 1. The van der Waals surface area contributed by atoms with Crippen LogP contribution in [0.3, 0.4) is 0 Å². The van der Waals surface area contributed by atoms with Crippen molar-refractivity contribution in [1.82, 2.24) is 15.0 Å². The van der Waals surface area contributed by atoms with Gasteiger partial charge in [0.05, 0.1) is 11.4 Å². The van der Waals surface area contributed by atoms with Gasteiger partial charge in [0.2, 0.25) is 5.95 Å². The van der Waals surface area contributed by atoms with Crippen LogP contribution in [0.4, 0.5) is 137 Å². The first kappa shape index (κ1) is 104. The average Bonchev–Trinajstić information content (AvgIpc) is 1.19. The van der Waals surface area contributed by atoms with E-state index in [2.05, 4.69) is 91.2 Å². The van der Waals surface area contributed by atoms with Gasteiger partial charge in [-0.05, 0) is 344 Å². The molecule has 27 nitrogen and oxygen atoms in total. The first-order valence-corrected chi connectivity index (χ1v) is 43.0. The number of nitrogens with zero attached hydrogens (tertiary/aromatic N) is 3. The molecule has 0 fully saturated rings. The molecule has 0 atom stereocenters. The lowest BCUT2D eigenvalue weighted by molar-refractivity contribution is 1.14. The normalized spacial score (nSPS) is 9.83. The molecule has 48 N–H and O–H groups in total. The SMILES string of the molecule is CCc1cc(-c2ccc(N)c(CC)c2)ccc1N.Cc1cc(-c2ccc(N)c(C)c2)ccc1N.Cc1cc(N)ccc1-c1ccc(N)cc1C.Cc1cc(N)ccc1N.Cc1ccc(N)cc1N.Nc1ccc(-c2ccc(N)cc2)cc1.Nc1ccc(N)cc1.Nc1cccc(N)c1.Nc1cccc(N)n1.Nc1cccc2c(N)cccc12.Nc1ccnc(N)n1.Nc1cscc1N. The number of aryl methyl sites for hydroxylation is 8. The fraction of sp³-hybridized carbons (Fsp3) is 0.0952. The highest BCUT2D eigenvalue weighted by Gasteiger charge is 2.09. The Labute approximate surface area is 784 Å². The van der Waals surface area contributed by atoms with Gasteiger partial charge >= 0.3 is 0 Å². The van der Waals surface area contributed by atoms with E-state index in [9.17, 15) is 0 Å². The Kier molecular flexibility index (Phi) is 41.2. The Hall–Kier alpha value is -17.5. The van der Waals surface area contributed by atoms with Crippen molar-refractivity contribution in [2.24, 2.45) is 0 Å². The summed E-state index contributed by atoms with van der Waals surface area (Å²) in [6.07, 6.45) is 3.42. The van der Waals surface area contributed by atoms with E-state index in [1.165, 1.54) is 73.2 Å². The Balaban J connectivity index is 0.000000226. The maximum absolute atomic E-state index is 5.94. The van der Waals surface area contributed by atoms with E-state index in [1.807, 2.05) is 214 Å². The lowest BCUT2D eigenvalue weighted by atomic mass is 9.96. The molecule has 690 valence electrons. The molecule has 0 amide bonds. The molecule has 17 aromatic rings. The number of aromatic nitrogens is 3. The predicted octanol–water partition coefficient (Wildman–Crippen LogP) is 19.3. The van der Waals surface area contributed by atoms with Crippen LogP contribution < -0.4 is 138 Å². The van der Waals surface area contributed by atoms with Crippen molar-refractivity contribution in [1.29, 1.82) is 0 Å². The highest BCUT2D eigenvalue weighted by molar-refractivity contribution is 7.08. The number of pyridine rings is 1. The summed E-state index contributed by atoms with van der Waals surface area (Å²) in [5, 5.41) is 5.68. The minimum absolute atomic E-state index is 0.213. The second kappa shape index (κ2) is 52.6. The number of hydrogen-bond acceptors (Lipinski definition) is 28. The lowest BCUT2D eigenvalue weighted by Gasteiger charge is -2.10. The van der Waals surface area contributed by atoms with Crippen LogP contribution in [0.1, 0.15) is 58.4 Å². The van der Waals surface area contributed by atoms with Crippen molar-refractivity contribution >= 4 is 159 Å². The van der Waals surface area contributed by atoms with Crippen LogP contribution in [0, 0.1) is 41.5 Å². The summed E-state index contributed by atoms with van der Waals surface area (Å²) in [6.45, 7) is 16.3. The number of benzene rings is 14. The third-order valence-electron chi connectivity index (χ3n) is 19.8. The largest absolute Gasteiger partial charge is 0.399 e. The van der Waals surface area contributed by atoms with Crippen LogP contribution in [-0.2, 0) is 12.8 Å². The zero-order valence-electron chi connectivity index (χ0n) is 76.6. The Morgan fingerprint density at radius 1 is 0.211 bits per heavy atom. The Morgan fingerprint density at radius 2 is 0.511 bits per heavy atom. The van der Waals surface area contributed by atoms with E-state index in [1.54, 1.807) is 78.9 Å². The quantitative estimate of drug-likeness (QED) is 0.0688. The summed E-state index contributed by atoms with van der Waals surface area (Å²) in [4.78, 5) is 11.0. The van der Waals surface area contributed by atoms with Crippen molar-refractivity contribution in [3.63, 3.8) is 0 Å². The molecule has 0 radical (unpaired) electrons. The number of thiophene rings is 1. The zero-order valence-corrected chi connectivity index (χ0v) is 77.4. The van der Waals surface area contributed by atoms with Gasteiger partial charge < -0.3 is 138 Å². The Morgan fingerprint density at radius 3 is 0.805 bits per heavy atom. The summed E-state index contributed by atoms with van der Waals surface area (Å²) in [6, 6.07) is 95.6. The van der Waals surface area contributed by atoms with Gasteiger partial charge in [0.1, 0.15) is 17.5 Å². The van der Waals surface area contributed by atoms with Gasteiger partial charge in [-0.1, -0.05) is 117 Å². The topological polar surface area (TPSA) is 663 Å². The predicted molar refractivity (Wildman–Crippen MR) is 581 cm³/mol. The van der Waals surface area contributed by atoms with Crippen molar-refractivity contribution in [3.05, 3.63) is 365 Å². The molecule has 0 bridgehead atoms. The van der Waals surface area contributed by atoms with Crippen LogP contribution in [0.5, 0.6) is 0 Å². The third-order valence-corrected chi connectivity index (χ3v) is 20.6. The van der Waals surface area contributed by atoms with E-state index < -0.39 is 0 Å². The zero-order chi connectivity index (χ0) is 98.0. The van der Waals surface area contributed by atoms with Crippen molar-refractivity contribution in [2.45, 2.75) is 68.2 Å². The second-order valence-electron chi connectivity index (χ2n) is 30.5. The molecule has 14 aromatic carbocycles. The molecule has 28 heteroatoms. The highest BCUT2D eigenvalue weighted by atomic mass is 32.1. The smallest absolute Gasteiger partial charge is 0.221 e. The molecule has 3 heterocycles. The summed E-state index contributed by atoms with van der Waals surface area (Å²) in [5.41, 5.74) is 167. The number of nitrogen functional groups attached to an aromatic ring is 24. The maximum atomic E-state index is 5.94. The van der Waals surface area contributed by atoms with Gasteiger partial charge in [-0.15, -0.1) is 11.3 Å². The maximum Gasteiger partial charge on any atom is 0.221 e. The summed E-state index contributed by atoms with van der Waals surface area (Å²) in [5.74, 6) is 1.54. The molecule has 0 aliphatic heterocycles. The van der Waals surface area contributed by atoms with Gasteiger partial charge in [-0.3, -0.25) is 0 Å². The van der Waals surface area contributed by atoms with Gasteiger partial charge in [0.25, 0.3) is 0 Å². The molecule has 0 saturated heterocycles. The first-order chi connectivity index (χ1) is 63.2. The third kappa shape index (κ3) is 36.0. The van der Waals surface area contributed by atoms with Gasteiger partial charge in [-0.25, -0.2) is 9.97 Å². The van der Waals surface area contributed by atoms with E-state index >= 15 is 0 Å². The van der Waals surface area contributed by atoms with E-state index in [4.69, 9.17) is 138 Å². The molecular weight excluding hydrogens is 1670 g/mol. The first-order valence-electron chi connectivity index (χ1n) is 42.0. The number of nitrogens with two attached hydrogens (primary N) is 24. The van der Waals surface area contributed by atoms with E-state index in [0.717, 1.165) is 148 Å². The number of hydrogen-bond donors (Lipinski definition) is 24. The molecular formula is C105H129N27S. The lowest BCUT2D eigenvalue weighted by Crippen LogP contribution is -1.96. The fourth-order valence-electron chi connectivity index (χ4n) is 12.2. The van der Waals surface area contributed by atoms with Crippen molar-refractivity contribution in [2.75, 3.05) is 138 Å². The minimum atomic E-state index is 0.213. The average molecular weight is 1800 g/mol. The van der Waals surface area contributed by atoms with Gasteiger partial charge in [0, 0.05) is 130 Å². The monoisotopic (exact) mass is 1800 g/mol. The van der Waals surface area contributed by atoms with Crippen LogP contribution >= 0.6 is 11.3 Å².